The van der Waals surface area contributed by atoms with Crippen molar-refractivity contribution in [2.24, 2.45) is 5.92 Å². The Balaban J connectivity index is 3.34. The number of ketones is 1. The van der Waals surface area contributed by atoms with E-state index in [9.17, 15) is 14.7 Å². The van der Waals surface area contributed by atoms with E-state index in [0.717, 1.165) is 0 Å². The van der Waals surface area contributed by atoms with Gasteiger partial charge in [0.25, 0.3) is 0 Å². The van der Waals surface area contributed by atoms with Gasteiger partial charge in [-0.15, -0.1) is 0 Å². The van der Waals surface area contributed by atoms with Crippen molar-refractivity contribution in [1.82, 2.24) is 5.32 Å². The van der Waals surface area contributed by atoms with E-state index in [4.69, 9.17) is 14.2 Å². The van der Waals surface area contributed by atoms with Gasteiger partial charge in [0.2, 0.25) is 5.78 Å². The van der Waals surface area contributed by atoms with Crippen molar-refractivity contribution in [3.05, 3.63) is 33.9 Å². The number of ether oxygens (including phenoxy) is 3. The maximum absolute atomic E-state index is 12.9. The van der Waals surface area contributed by atoms with Crippen molar-refractivity contribution in [2.75, 3.05) is 27.9 Å². The molecule has 0 aromatic heterocycles. The Morgan fingerprint density at radius 2 is 1.81 bits per heavy atom. The van der Waals surface area contributed by atoms with Gasteiger partial charge < -0.3 is 24.6 Å². The molecule has 0 heterocycles. The second kappa shape index (κ2) is 10.2. The molecule has 0 unspecified atom stereocenters. The van der Waals surface area contributed by atoms with Gasteiger partial charge in [-0.2, -0.15) is 0 Å². The molecule has 1 rings (SSSR count). The summed E-state index contributed by atoms with van der Waals surface area (Å²) in [5.41, 5.74) is -0.0364. The number of Topliss-reactive ketones (excluding diaryl/α,β-unsaturated/α-hetero) is 1. The van der Waals surface area contributed by atoms with Crippen LogP contribution in [0, 0.1) is 5.92 Å². The molecule has 0 saturated heterocycles. The molecule has 2 N–H and O–H groups in total. The van der Waals surface area contributed by atoms with Crippen LogP contribution in [-0.4, -0.2) is 50.8 Å². The van der Waals surface area contributed by atoms with Crippen molar-refractivity contribution in [3.63, 3.8) is 0 Å². The fraction of sp³-hybridized carbons (Fsp3) is 0.444. The first kappa shape index (κ1) is 22.0. The van der Waals surface area contributed by atoms with Crippen LogP contribution >= 0.6 is 15.9 Å². The fourth-order valence-corrected chi connectivity index (χ4v) is 2.66. The summed E-state index contributed by atoms with van der Waals surface area (Å²) in [7, 11) is 4.10. The quantitative estimate of drug-likeness (QED) is 0.204. The number of carbonyl (C=O) groups excluding carboxylic acids is 2. The molecule has 1 atom stereocenters. The first-order chi connectivity index (χ1) is 12.3. The van der Waals surface area contributed by atoms with E-state index in [1.807, 2.05) is 13.8 Å². The summed E-state index contributed by atoms with van der Waals surface area (Å²) in [6, 6.07) is 2.75. The summed E-state index contributed by atoms with van der Waals surface area (Å²) >= 11 is 3.32. The number of methoxy groups -OCH3 is 3. The summed E-state index contributed by atoms with van der Waals surface area (Å²) in [5.74, 6) is -0.537. The Hall–Kier alpha value is -2.06. The highest BCUT2D eigenvalue weighted by atomic mass is 79.9. The lowest BCUT2D eigenvalue weighted by Gasteiger charge is -2.19. The molecule has 26 heavy (non-hydrogen) atoms. The highest BCUT2D eigenvalue weighted by Gasteiger charge is 2.25. The Kier molecular flexibility index (Phi) is 8.60. The van der Waals surface area contributed by atoms with Crippen LogP contribution in [0.3, 0.4) is 0 Å². The van der Waals surface area contributed by atoms with Gasteiger partial charge in [-0.1, -0.05) is 13.8 Å². The Bertz CT molecular complexity index is 687. The van der Waals surface area contributed by atoms with Gasteiger partial charge in [-0.05, 0) is 27.9 Å². The van der Waals surface area contributed by atoms with Gasteiger partial charge in [0, 0.05) is 12.3 Å². The normalized spacial score (nSPS) is 12.5. The minimum Gasteiger partial charge on any atom is -0.496 e. The van der Waals surface area contributed by atoms with Crippen LogP contribution in [0.2, 0.25) is 0 Å². The topological polar surface area (TPSA) is 94.1 Å². The predicted octanol–water partition coefficient (Wildman–Crippen LogP) is 2.31. The van der Waals surface area contributed by atoms with E-state index in [-0.39, 0.29) is 35.5 Å². The number of aliphatic hydroxyl groups excluding tert-OH is 1. The van der Waals surface area contributed by atoms with E-state index in [1.54, 1.807) is 6.07 Å². The SMILES string of the molecule is COC(=O)/C(=C\N[C@H](CO)C(C)C)C(=O)c1cc(Br)c(OC)cc1OC. The van der Waals surface area contributed by atoms with Gasteiger partial charge in [0.05, 0.1) is 44.0 Å². The molecule has 0 saturated carbocycles. The third kappa shape index (κ3) is 5.22. The molecule has 0 fully saturated rings. The fourth-order valence-electron chi connectivity index (χ4n) is 2.16. The van der Waals surface area contributed by atoms with E-state index in [2.05, 4.69) is 21.2 Å². The van der Waals surface area contributed by atoms with Crippen LogP contribution in [0.1, 0.15) is 24.2 Å². The number of hydrogen-bond acceptors (Lipinski definition) is 7. The predicted molar refractivity (Wildman–Crippen MR) is 101 cm³/mol. The van der Waals surface area contributed by atoms with Crippen molar-refractivity contribution in [2.45, 2.75) is 19.9 Å². The van der Waals surface area contributed by atoms with Crippen LogP contribution in [0.4, 0.5) is 0 Å². The van der Waals surface area contributed by atoms with Gasteiger partial charge in [0.1, 0.15) is 17.1 Å². The van der Waals surface area contributed by atoms with E-state index < -0.39 is 11.8 Å². The van der Waals surface area contributed by atoms with Crippen molar-refractivity contribution in [3.8, 4) is 11.5 Å². The molecule has 0 amide bonds. The van der Waals surface area contributed by atoms with Crippen molar-refractivity contribution < 1.29 is 28.9 Å². The highest BCUT2D eigenvalue weighted by molar-refractivity contribution is 9.10. The van der Waals surface area contributed by atoms with Gasteiger partial charge in [-0.3, -0.25) is 4.79 Å². The average Bonchev–Trinajstić information content (AvgIpc) is 2.63. The first-order valence-electron chi connectivity index (χ1n) is 7.92. The molecule has 1 aromatic rings. The third-order valence-corrected chi connectivity index (χ3v) is 4.43. The highest BCUT2D eigenvalue weighted by Crippen LogP contribution is 2.34. The molecule has 1 aromatic carbocycles. The summed E-state index contributed by atoms with van der Waals surface area (Å²) in [5, 5.41) is 12.3. The zero-order valence-electron chi connectivity index (χ0n) is 15.5. The number of aliphatic hydroxyl groups is 1. The Morgan fingerprint density at radius 3 is 2.27 bits per heavy atom. The number of benzene rings is 1. The minimum atomic E-state index is -0.795. The zero-order chi connectivity index (χ0) is 19.9. The lowest BCUT2D eigenvalue weighted by Crippen LogP contribution is -2.34. The van der Waals surface area contributed by atoms with Crippen molar-refractivity contribution in [1.29, 1.82) is 0 Å². The molecule has 0 radical (unpaired) electrons. The lowest BCUT2D eigenvalue weighted by atomic mass is 10.0. The van der Waals surface area contributed by atoms with E-state index >= 15 is 0 Å². The minimum absolute atomic E-state index is 0.0925. The molecule has 0 bridgehead atoms. The van der Waals surface area contributed by atoms with Gasteiger partial charge in [0.15, 0.2) is 0 Å². The second-order valence-electron chi connectivity index (χ2n) is 5.77. The van der Waals surface area contributed by atoms with Gasteiger partial charge in [-0.25, -0.2) is 4.79 Å². The summed E-state index contributed by atoms with van der Waals surface area (Å²) < 4.78 is 15.7. The third-order valence-electron chi connectivity index (χ3n) is 3.81. The largest absolute Gasteiger partial charge is 0.496 e. The number of esters is 1. The van der Waals surface area contributed by atoms with Crippen molar-refractivity contribution >= 4 is 27.7 Å². The van der Waals surface area contributed by atoms with Gasteiger partial charge >= 0.3 is 5.97 Å². The molecule has 0 aliphatic rings. The number of rotatable bonds is 9. The molecule has 0 aliphatic heterocycles. The smallest absolute Gasteiger partial charge is 0.343 e. The standard InChI is InChI=1S/C18H24BrNO6/c1-10(2)14(9-21)20-8-12(18(23)26-5)17(22)11-6-13(19)16(25-4)7-15(11)24-3/h6-8,10,14,20-21H,9H2,1-5H3/b12-8-/t14-/m1/s1. The monoisotopic (exact) mass is 429 g/mol. The molecule has 0 spiro atoms. The summed E-state index contributed by atoms with van der Waals surface area (Å²) in [6.45, 7) is 3.67. The maximum Gasteiger partial charge on any atom is 0.343 e. The molecule has 144 valence electrons. The van der Waals surface area contributed by atoms with Crippen LogP contribution in [0.25, 0.3) is 0 Å². The first-order valence-corrected chi connectivity index (χ1v) is 8.71. The van der Waals surface area contributed by atoms with Crippen LogP contribution in [0.15, 0.2) is 28.4 Å². The molecule has 8 heteroatoms. The Morgan fingerprint density at radius 1 is 1.19 bits per heavy atom. The van der Waals surface area contributed by atoms with Crippen LogP contribution < -0.4 is 14.8 Å². The second-order valence-corrected chi connectivity index (χ2v) is 6.62. The Labute approximate surface area is 161 Å². The number of carbonyl (C=O) groups is 2. The maximum atomic E-state index is 12.9. The summed E-state index contributed by atoms with van der Waals surface area (Å²) in [6.07, 6.45) is 1.27. The zero-order valence-corrected chi connectivity index (χ0v) is 17.0. The number of halogens is 1. The average molecular weight is 430 g/mol. The van der Waals surface area contributed by atoms with Crippen LogP contribution in [0.5, 0.6) is 11.5 Å². The van der Waals surface area contributed by atoms with E-state index in [1.165, 1.54) is 33.6 Å². The molecular weight excluding hydrogens is 406 g/mol. The number of nitrogens with one attached hydrogen (secondary N) is 1. The summed E-state index contributed by atoms with van der Waals surface area (Å²) in [4.78, 5) is 25.0. The molecule has 0 aliphatic carbocycles. The lowest BCUT2D eigenvalue weighted by molar-refractivity contribution is -0.135. The molecular formula is C18H24BrNO6. The number of hydrogen-bond donors (Lipinski definition) is 2. The molecule has 7 nitrogen and oxygen atoms in total. The van der Waals surface area contributed by atoms with E-state index in [0.29, 0.717) is 10.2 Å². The van der Waals surface area contributed by atoms with Crippen LogP contribution in [-0.2, 0) is 9.53 Å².